The van der Waals surface area contributed by atoms with E-state index in [4.69, 9.17) is 0 Å². The third kappa shape index (κ3) is 3.46. The standard InChI is InChI=1S/C17H22N4O4S/c22-16-14-9-13(3-4-15(14)19-17(23)20-16)26(24,25)21-7-5-12(6-8-21)18-10-11-1-2-11/h3-4,9,11-12,18H,1-2,5-8,10H2,(H2,19,20,22,23). The Hall–Kier alpha value is -1.97. The highest BCUT2D eigenvalue weighted by Gasteiger charge is 2.30. The number of piperidine rings is 1. The van der Waals surface area contributed by atoms with E-state index in [0.717, 1.165) is 25.3 Å². The molecule has 0 amide bonds. The maximum atomic E-state index is 12.9. The Kier molecular flexibility index (Phi) is 4.45. The first-order chi connectivity index (χ1) is 12.4. The van der Waals surface area contributed by atoms with Crippen LogP contribution in [0.4, 0.5) is 0 Å². The van der Waals surface area contributed by atoms with E-state index >= 15 is 0 Å². The van der Waals surface area contributed by atoms with Gasteiger partial charge in [0.05, 0.1) is 15.8 Å². The summed E-state index contributed by atoms with van der Waals surface area (Å²) in [6.07, 6.45) is 4.17. The lowest BCUT2D eigenvalue weighted by atomic mass is 10.1. The van der Waals surface area contributed by atoms with E-state index in [1.54, 1.807) is 0 Å². The summed E-state index contributed by atoms with van der Waals surface area (Å²) >= 11 is 0. The zero-order valence-corrected chi connectivity index (χ0v) is 15.1. The average Bonchev–Trinajstić information content (AvgIpc) is 3.44. The monoisotopic (exact) mass is 378 g/mol. The van der Waals surface area contributed by atoms with Gasteiger partial charge in [-0.15, -0.1) is 0 Å². The Labute approximate surface area is 150 Å². The maximum absolute atomic E-state index is 12.9. The fourth-order valence-electron chi connectivity index (χ4n) is 3.41. The molecule has 1 aromatic carbocycles. The van der Waals surface area contributed by atoms with Gasteiger partial charge < -0.3 is 10.3 Å². The van der Waals surface area contributed by atoms with E-state index in [9.17, 15) is 18.0 Å². The van der Waals surface area contributed by atoms with Gasteiger partial charge in [-0.1, -0.05) is 0 Å². The summed E-state index contributed by atoms with van der Waals surface area (Å²) in [4.78, 5) is 28.0. The summed E-state index contributed by atoms with van der Waals surface area (Å²) in [6.45, 7) is 1.96. The van der Waals surface area contributed by atoms with Gasteiger partial charge in [0.15, 0.2) is 0 Å². The molecule has 3 N–H and O–H groups in total. The highest BCUT2D eigenvalue weighted by Crippen LogP contribution is 2.28. The number of hydrogen-bond acceptors (Lipinski definition) is 5. The molecule has 2 aromatic rings. The minimum absolute atomic E-state index is 0.0759. The van der Waals surface area contributed by atoms with Crippen LogP contribution in [0.3, 0.4) is 0 Å². The smallest absolute Gasteiger partial charge is 0.314 e. The van der Waals surface area contributed by atoms with Crippen molar-refractivity contribution in [2.75, 3.05) is 19.6 Å². The molecule has 0 bridgehead atoms. The van der Waals surface area contributed by atoms with Gasteiger partial charge in [-0.25, -0.2) is 13.2 Å². The third-order valence-electron chi connectivity index (χ3n) is 5.19. The first-order valence-corrected chi connectivity index (χ1v) is 10.4. The lowest BCUT2D eigenvalue weighted by Crippen LogP contribution is -2.45. The van der Waals surface area contributed by atoms with Crippen LogP contribution in [-0.2, 0) is 10.0 Å². The number of nitrogens with one attached hydrogen (secondary N) is 3. The summed E-state index contributed by atoms with van der Waals surface area (Å²) in [6, 6.07) is 4.59. The minimum Gasteiger partial charge on any atom is -0.314 e. The molecule has 8 nitrogen and oxygen atoms in total. The molecule has 0 unspecified atom stereocenters. The molecule has 1 aliphatic heterocycles. The SMILES string of the molecule is O=c1[nH]c(=O)c2cc(S(=O)(=O)N3CCC(NCC4CC4)CC3)ccc2[nH]1. The molecule has 1 aromatic heterocycles. The van der Waals surface area contributed by atoms with Crippen LogP contribution in [0.5, 0.6) is 0 Å². The molecular formula is C17H22N4O4S. The molecule has 140 valence electrons. The van der Waals surface area contributed by atoms with Crippen molar-refractivity contribution in [1.29, 1.82) is 0 Å². The van der Waals surface area contributed by atoms with Crippen molar-refractivity contribution in [3.05, 3.63) is 39.0 Å². The Balaban J connectivity index is 1.52. The third-order valence-corrected chi connectivity index (χ3v) is 7.09. The fourth-order valence-corrected chi connectivity index (χ4v) is 4.91. The number of fused-ring (bicyclic) bond motifs is 1. The predicted octanol–water partition coefficient (Wildman–Crippen LogP) is 0.369. The molecule has 2 fully saturated rings. The maximum Gasteiger partial charge on any atom is 0.326 e. The Morgan fingerprint density at radius 2 is 1.81 bits per heavy atom. The number of sulfonamides is 1. The second kappa shape index (κ2) is 6.64. The van der Waals surface area contributed by atoms with Crippen LogP contribution in [0.25, 0.3) is 10.9 Å². The Morgan fingerprint density at radius 3 is 2.50 bits per heavy atom. The van der Waals surface area contributed by atoms with Gasteiger partial charge in [0.25, 0.3) is 5.56 Å². The second-order valence-electron chi connectivity index (χ2n) is 7.15. The summed E-state index contributed by atoms with van der Waals surface area (Å²) in [5.74, 6) is 0.805. The van der Waals surface area contributed by atoms with E-state index in [1.165, 1.54) is 35.3 Å². The first kappa shape index (κ1) is 17.4. The summed E-state index contributed by atoms with van der Waals surface area (Å²) in [7, 11) is -3.66. The highest BCUT2D eigenvalue weighted by molar-refractivity contribution is 7.89. The molecule has 4 rings (SSSR count). The van der Waals surface area contributed by atoms with Crippen LogP contribution in [0.15, 0.2) is 32.7 Å². The molecule has 1 aliphatic carbocycles. The van der Waals surface area contributed by atoms with Crippen LogP contribution < -0.4 is 16.6 Å². The molecule has 2 heterocycles. The lowest BCUT2D eigenvalue weighted by molar-refractivity contribution is 0.288. The summed E-state index contributed by atoms with van der Waals surface area (Å²) < 4.78 is 27.3. The Bertz CT molecular complexity index is 1030. The predicted molar refractivity (Wildman–Crippen MR) is 97.7 cm³/mol. The zero-order chi connectivity index (χ0) is 18.3. The van der Waals surface area contributed by atoms with E-state index in [1.807, 2.05) is 0 Å². The van der Waals surface area contributed by atoms with Crippen molar-refractivity contribution in [2.24, 2.45) is 5.92 Å². The lowest BCUT2D eigenvalue weighted by Gasteiger charge is -2.31. The van der Waals surface area contributed by atoms with E-state index in [-0.39, 0.29) is 10.3 Å². The number of rotatable bonds is 5. The molecule has 1 saturated heterocycles. The number of aromatic amines is 2. The van der Waals surface area contributed by atoms with Gasteiger partial charge >= 0.3 is 5.69 Å². The molecule has 0 radical (unpaired) electrons. The van der Waals surface area contributed by atoms with Crippen LogP contribution in [-0.4, -0.2) is 48.4 Å². The van der Waals surface area contributed by atoms with Crippen molar-refractivity contribution in [3.8, 4) is 0 Å². The molecular weight excluding hydrogens is 356 g/mol. The van der Waals surface area contributed by atoms with Crippen molar-refractivity contribution in [1.82, 2.24) is 19.6 Å². The number of H-pyrrole nitrogens is 2. The summed E-state index contributed by atoms with van der Waals surface area (Å²) in [5, 5.41) is 3.69. The van der Waals surface area contributed by atoms with E-state index < -0.39 is 21.3 Å². The molecule has 26 heavy (non-hydrogen) atoms. The number of aromatic nitrogens is 2. The van der Waals surface area contributed by atoms with Crippen molar-refractivity contribution >= 4 is 20.9 Å². The van der Waals surface area contributed by atoms with Gasteiger partial charge in [0.1, 0.15) is 0 Å². The Morgan fingerprint density at radius 1 is 1.08 bits per heavy atom. The van der Waals surface area contributed by atoms with Gasteiger partial charge in [0.2, 0.25) is 10.0 Å². The molecule has 0 atom stereocenters. The topological polar surface area (TPSA) is 115 Å². The highest BCUT2D eigenvalue weighted by atomic mass is 32.2. The van der Waals surface area contributed by atoms with Gasteiger partial charge in [-0.3, -0.25) is 9.78 Å². The van der Waals surface area contributed by atoms with E-state index in [2.05, 4.69) is 15.3 Å². The van der Waals surface area contributed by atoms with Gasteiger partial charge in [0, 0.05) is 19.1 Å². The summed E-state index contributed by atoms with van der Waals surface area (Å²) in [5.41, 5.74) is -0.886. The van der Waals surface area contributed by atoms with Gasteiger partial charge in [-0.05, 0) is 56.3 Å². The van der Waals surface area contributed by atoms with Crippen molar-refractivity contribution in [2.45, 2.75) is 36.6 Å². The van der Waals surface area contributed by atoms with Crippen LogP contribution >= 0.6 is 0 Å². The molecule has 0 spiro atoms. The van der Waals surface area contributed by atoms with Crippen LogP contribution in [0.1, 0.15) is 25.7 Å². The molecule has 2 aliphatic rings. The fraction of sp³-hybridized carbons (Fsp3) is 0.529. The zero-order valence-electron chi connectivity index (χ0n) is 14.3. The number of hydrogen-bond donors (Lipinski definition) is 3. The molecule has 9 heteroatoms. The number of nitrogens with zero attached hydrogens (tertiary/aromatic N) is 1. The average molecular weight is 378 g/mol. The second-order valence-corrected chi connectivity index (χ2v) is 9.08. The molecule has 1 saturated carbocycles. The van der Waals surface area contributed by atoms with E-state index in [0.29, 0.717) is 24.6 Å². The van der Waals surface area contributed by atoms with Crippen LogP contribution in [0, 0.1) is 5.92 Å². The largest absolute Gasteiger partial charge is 0.326 e. The first-order valence-electron chi connectivity index (χ1n) is 8.93. The number of benzene rings is 1. The normalized spacial score (nSPS) is 19.8. The quantitative estimate of drug-likeness (QED) is 0.695. The van der Waals surface area contributed by atoms with Gasteiger partial charge in [-0.2, -0.15) is 4.31 Å². The minimum atomic E-state index is -3.66. The van der Waals surface area contributed by atoms with Crippen LogP contribution in [0.2, 0.25) is 0 Å². The van der Waals surface area contributed by atoms with Crippen molar-refractivity contribution < 1.29 is 8.42 Å². The van der Waals surface area contributed by atoms with Crippen molar-refractivity contribution in [3.63, 3.8) is 0 Å².